The van der Waals surface area contributed by atoms with E-state index in [1.807, 2.05) is 49.3 Å². The van der Waals surface area contributed by atoms with Crippen molar-refractivity contribution >= 4 is 28.9 Å². The first-order chi connectivity index (χ1) is 12.9. The van der Waals surface area contributed by atoms with Crippen LogP contribution >= 0.6 is 0 Å². The quantitative estimate of drug-likeness (QED) is 0.897. The number of anilines is 3. The number of carbonyl (C=O) groups is 2. The maximum Gasteiger partial charge on any atom is 0.272 e. The number of benzene rings is 1. The summed E-state index contributed by atoms with van der Waals surface area (Å²) in [5.74, 6) is -0.0469. The highest BCUT2D eigenvalue weighted by Gasteiger charge is 2.23. The SMILES string of the molecule is CC(=O)N1CCN(C(=O)c2ccc(Nc3ccc(N(C)C)cc3)cn2)CC1. The van der Waals surface area contributed by atoms with Crippen LogP contribution in [0.3, 0.4) is 0 Å². The topological polar surface area (TPSA) is 68.8 Å². The molecule has 1 saturated heterocycles. The highest BCUT2D eigenvalue weighted by Crippen LogP contribution is 2.20. The van der Waals surface area contributed by atoms with Gasteiger partial charge in [-0.05, 0) is 36.4 Å². The smallest absolute Gasteiger partial charge is 0.272 e. The van der Waals surface area contributed by atoms with Gasteiger partial charge in [-0.3, -0.25) is 9.59 Å². The van der Waals surface area contributed by atoms with Crippen LogP contribution in [0.5, 0.6) is 0 Å². The molecular formula is C20H25N5O2. The second-order valence-electron chi connectivity index (χ2n) is 6.80. The van der Waals surface area contributed by atoms with Gasteiger partial charge >= 0.3 is 0 Å². The van der Waals surface area contributed by atoms with Crippen LogP contribution in [0, 0.1) is 0 Å². The second-order valence-corrected chi connectivity index (χ2v) is 6.80. The highest BCUT2D eigenvalue weighted by atomic mass is 16.2. The van der Waals surface area contributed by atoms with Gasteiger partial charge in [-0.1, -0.05) is 0 Å². The molecule has 0 aliphatic carbocycles. The van der Waals surface area contributed by atoms with Crippen LogP contribution < -0.4 is 10.2 Å². The van der Waals surface area contributed by atoms with Crippen molar-refractivity contribution in [2.45, 2.75) is 6.92 Å². The van der Waals surface area contributed by atoms with Crippen LogP contribution in [0.4, 0.5) is 17.1 Å². The standard InChI is InChI=1S/C20H25N5O2/c1-15(26)24-10-12-25(13-11-24)20(27)19-9-6-17(14-21-19)22-16-4-7-18(8-5-16)23(2)3/h4-9,14,22H,10-13H2,1-3H3. The van der Waals surface area contributed by atoms with Gasteiger partial charge in [-0.25, -0.2) is 4.98 Å². The van der Waals surface area contributed by atoms with Gasteiger partial charge in [0, 0.05) is 58.6 Å². The Balaban J connectivity index is 1.60. The molecule has 0 atom stereocenters. The van der Waals surface area contributed by atoms with Gasteiger partial charge in [0.1, 0.15) is 5.69 Å². The summed E-state index contributed by atoms with van der Waals surface area (Å²) < 4.78 is 0. The Morgan fingerprint density at radius 1 is 0.926 bits per heavy atom. The van der Waals surface area contributed by atoms with Crippen molar-refractivity contribution in [2.24, 2.45) is 0 Å². The average molecular weight is 367 g/mol. The monoisotopic (exact) mass is 367 g/mol. The second kappa shape index (κ2) is 8.07. The summed E-state index contributed by atoms with van der Waals surface area (Å²) in [7, 11) is 4.00. The number of hydrogen-bond donors (Lipinski definition) is 1. The molecule has 1 aliphatic heterocycles. The van der Waals surface area contributed by atoms with E-state index in [9.17, 15) is 9.59 Å². The van der Waals surface area contributed by atoms with E-state index < -0.39 is 0 Å². The van der Waals surface area contributed by atoms with Crippen molar-refractivity contribution in [3.63, 3.8) is 0 Å². The Hall–Kier alpha value is -3.09. The Morgan fingerprint density at radius 2 is 1.52 bits per heavy atom. The first kappa shape index (κ1) is 18.7. The van der Waals surface area contributed by atoms with Crippen LogP contribution in [-0.2, 0) is 4.79 Å². The van der Waals surface area contributed by atoms with Crippen LogP contribution in [0.2, 0.25) is 0 Å². The molecule has 2 heterocycles. The number of carbonyl (C=O) groups excluding carboxylic acids is 2. The van der Waals surface area contributed by atoms with E-state index in [1.54, 1.807) is 29.0 Å². The fraction of sp³-hybridized carbons (Fsp3) is 0.350. The summed E-state index contributed by atoms with van der Waals surface area (Å²) in [4.78, 5) is 33.8. The van der Waals surface area contributed by atoms with E-state index in [1.165, 1.54) is 0 Å². The Labute approximate surface area is 159 Å². The maximum absolute atomic E-state index is 12.6. The number of nitrogens with zero attached hydrogens (tertiary/aromatic N) is 4. The summed E-state index contributed by atoms with van der Waals surface area (Å²) in [5.41, 5.74) is 3.33. The van der Waals surface area contributed by atoms with Gasteiger partial charge in [0.25, 0.3) is 5.91 Å². The van der Waals surface area contributed by atoms with Crippen LogP contribution in [-0.4, -0.2) is 66.9 Å². The van der Waals surface area contributed by atoms with Gasteiger partial charge in [-0.2, -0.15) is 0 Å². The molecule has 1 aromatic heterocycles. The average Bonchev–Trinajstić information content (AvgIpc) is 2.68. The summed E-state index contributed by atoms with van der Waals surface area (Å²) in [6.07, 6.45) is 1.67. The molecule has 1 fully saturated rings. The summed E-state index contributed by atoms with van der Waals surface area (Å²) in [6.45, 7) is 3.78. The van der Waals surface area contributed by atoms with Crippen LogP contribution in [0.15, 0.2) is 42.6 Å². The molecule has 7 heteroatoms. The van der Waals surface area contributed by atoms with Crippen molar-refractivity contribution < 1.29 is 9.59 Å². The minimum absolute atomic E-state index is 0.0502. The normalized spacial score (nSPS) is 14.0. The van der Waals surface area contributed by atoms with E-state index in [4.69, 9.17) is 0 Å². The number of nitrogens with one attached hydrogen (secondary N) is 1. The van der Waals surface area contributed by atoms with Crippen molar-refractivity contribution in [1.82, 2.24) is 14.8 Å². The van der Waals surface area contributed by atoms with Crippen LogP contribution in [0.1, 0.15) is 17.4 Å². The zero-order chi connectivity index (χ0) is 19.4. The van der Waals surface area contributed by atoms with Gasteiger partial charge in [0.2, 0.25) is 5.91 Å². The maximum atomic E-state index is 12.6. The van der Waals surface area contributed by atoms with Gasteiger partial charge < -0.3 is 20.0 Å². The molecule has 0 saturated carbocycles. The molecule has 1 N–H and O–H groups in total. The fourth-order valence-electron chi connectivity index (χ4n) is 2.99. The zero-order valence-corrected chi connectivity index (χ0v) is 16.0. The summed E-state index contributed by atoms with van der Waals surface area (Å²) in [5, 5.41) is 3.28. The number of aromatic nitrogens is 1. The number of hydrogen-bond acceptors (Lipinski definition) is 5. The molecule has 2 amide bonds. The molecule has 0 radical (unpaired) electrons. The largest absolute Gasteiger partial charge is 0.378 e. The lowest BCUT2D eigenvalue weighted by Crippen LogP contribution is -2.50. The first-order valence-electron chi connectivity index (χ1n) is 8.99. The lowest BCUT2D eigenvalue weighted by atomic mass is 10.2. The minimum atomic E-state index is -0.0971. The third-order valence-electron chi connectivity index (χ3n) is 4.67. The number of rotatable bonds is 4. The molecule has 142 valence electrons. The Bertz CT molecular complexity index is 794. The zero-order valence-electron chi connectivity index (χ0n) is 16.0. The molecular weight excluding hydrogens is 342 g/mol. The number of pyridine rings is 1. The predicted molar refractivity (Wildman–Crippen MR) is 106 cm³/mol. The van der Waals surface area contributed by atoms with Gasteiger partial charge in [0.15, 0.2) is 0 Å². The molecule has 3 rings (SSSR count). The molecule has 27 heavy (non-hydrogen) atoms. The lowest BCUT2D eigenvalue weighted by Gasteiger charge is -2.34. The molecule has 0 bridgehead atoms. The third kappa shape index (κ3) is 4.55. The molecule has 0 spiro atoms. The van der Waals surface area contributed by atoms with E-state index in [0.29, 0.717) is 31.9 Å². The number of piperazine rings is 1. The molecule has 1 aromatic carbocycles. The van der Waals surface area contributed by atoms with Gasteiger partial charge in [-0.15, -0.1) is 0 Å². The highest BCUT2D eigenvalue weighted by molar-refractivity contribution is 5.92. The van der Waals surface area contributed by atoms with Crippen molar-refractivity contribution in [3.05, 3.63) is 48.3 Å². The summed E-state index contributed by atoms with van der Waals surface area (Å²) in [6, 6.07) is 11.7. The van der Waals surface area contributed by atoms with E-state index in [0.717, 1.165) is 17.1 Å². The first-order valence-corrected chi connectivity index (χ1v) is 8.99. The Kier molecular flexibility index (Phi) is 5.59. The van der Waals surface area contributed by atoms with Crippen molar-refractivity contribution in [1.29, 1.82) is 0 Å². The molecule has 2 aromatic rings. The van der Waals surface area contributed by atoms with Crippen LogP contribution in [0.25, 0.3) is 0 Å². The Morgan fingerprint density at radius 3 is 2.04 bits per heavy atom. The number of amides is 2. The molecule has 1 aliphatic rings. The predicted octanol–water partition coefficient (Wildman–Crippen LogP) is 2.20. The minimum Gasteiger partial charge on any atom is -0.378 e. The van der Waals surface area contributed by atoms with E-state index in [2.05, 4.69) is 10.3 Å². The molecule has 7 nitrogen and oxygen atoms in total. The lowest BCUT2D eigenvalue weighted by molar-refractivity contribution is -0.130. The van der Waals surface area contributed by atoms with Gasteiger partial charge in [0.05, 0.1) is 11.9 Å². The third-order valence-corrected chi connectivity index (χ3v) is 4.67. The van der Waals surface area contributed by atoms with Crippen molar-refractivity contribution in [3.8, 4) is 0 Å². The van der Waals surface area contributed by atoms with E-state index >= 15 is 0 Å². The fourth-order valence-corrected chi connectivity index (χ4v) is 2.99. The molecule has 0 unspecified atom stereocenters. The van der Waals surface area contributed by atoms with E-state index in [-0.39, 0.29) is 11.8 Å². The van der Waals surface area contributed by atoms with Crippen molar-refractivity contribution in [2.75, 3.05) is 50.5 Å². The summed E-state index contributed by atoms with van der Waals surface area (Å²) >= 11 is 0.